The first-order valence-electron chi connectivity index (χ1n) is 11.6. The van der Waals surface area contributed by atoms with Gasteiger partial charge in [-0.1, -0.05) is 36.4 Å². The van der Waals surface area contributed by atoms with Crippen molar-refractivity contribution in [2.24, 2.45) is 0 Å². The largest absolute Gasteiger partial charge is 0.437 e. The smallest absolute Gasteiger partial charge is 0.254 e. The average Bonchev–Trinajstić information content (AvgIpc) is 3.39. The maximum Gasteiger partial charge on any atom is 0.254 e. The Labute approximate surface area is 199 Å². The SMILES string of the molecule is Cc1ccccc1Oc1nccnc1C1CCN(C(=O)c2ccccc2Cn2cccn2)CC1. The first-order valence-corrected chi connectivity index (χ1v) is 11.6. The van der Waals surface area contributed by atoms with E-state index in [1.54, 1.807) is 18.6 Å². The molecule has 0 aliphatic carbocycles. The van der Waals surface area contributed by atoms with Gasteiger partial charge in [0.15, 0.2) is 0 Å². The number of rotatable bonds is 6. The second kappa shape index (κ2) is 9.87. The predicted octanol–water partition coefficient (Wildman–Crippen LogP) is 4.84. The van der Waals surface area contributed by atoms with Crippen molar-refractivity contribution >= 4 is 5.91 Å². The van der Waals surface area contributed by atoms with E-state index in [0.717, 1.165) is 41.0 Å². The second-order valence-electron chi connectivity index (χ2n) is 8.54. The summed E-state index contributed by atoms with van der Waals surface area (Å²) in [5.74, 6) is 1.59. The number of ether oxygens (including phenoxy) is 1. The molecule has 172 valence electrons. The summed E-state index contributed by atoms with van der Waals surface area (Å²) in [6.45, 7) is 3.92. The number of aromatic nitrogens is 4. The lowest BCUT2D eigenvalue weighted by Gasteiger charge is -2.32. The van der Waals surface area contributed by atoms with Gasteiger partial charge in [-0.2, -0.15) is 5.10 Å². The normalized spacial score (nSPS) is 14.2. The van der Waals surface area contributed by atoms with E-state index in [0.29, 0.717) is 25.5 Å². The molecule has 0 spiro atoms. The van der Waals surface area contributed by atoms with Gasteiger partial charge in [-0.25, -0.2) is 4.98 Å². The molecule has 34 heavy (non-hydrogen) atoms. The lowest BCUT2D eigenvalue weighted by Crippen LogP contribution is -2.38. The van der Waals surface area contributed by atoms with E-state index in [2.05, 4.69) is 15.1 Å². The maximum absolute atomic E-state index is 13.4. The van der Waals surface area contributed by atoms with Crippen LogP contribution >= 0.6 is 0 Å². The summed E-state index contributed by atoms with van der Waals surface area (Å²) >= 11 is 0. The zero-order valence-corrected chi connectivity index (χ0v) is 19.2. The van der Waals surface area contributed by atoms with E-state index < -0.39 is 0 Å². The topological polar surface area (TPSA) is 73.1 Å². The van der Waals surface area contributed by atoms with E-state index in [1.165, 1.54) is 0 Å². The molecule has 1 amide bonds. The number of carbonyl (C=O) groups is 1. The molecule has 1 aliphatic heterocycles. The number of para-hydroxylation sites is 1. The number of aryl methyl sites for hydroxylation is 1. The van der Waals surface area contributed by atoms with E-state index in [1.807, 2.05) is 77.3 Å². The Hall–Kier alpha value is -4.00. The van der Waals surface area contributed by atoms with Crippen molar-refractivity contribution in [3.63, 3.8) is 0 Å². The fraction of sp³-hybridized carbons (Fsp3) is 0.259. The van der Waals surface area contributed by atoms with Gasteiger partial charge in [0.25, 0.3) is 5.91 Å². The van der Waals surface area contributed by atoms with Crippen molar-refractivity contribution in [2.45, 2.75) is 32.2 Å². The van der Waals surface area contributed by atoms with Gasteiger partial charge in [0.1, 0.15) is 11.4 Å². The molecule has 0 saturated carbocycles. The van der Waals surface area contributed by atoms with E-state index >= 15 is 0 Å². The molecule has 7 nitrogen and oxygen atoms in total. The van der Waals surface area contributed by atoms with Crippen LogP contribution in [0.15, 0.2) is 79.4 Å². The highest BCUT2D eigenvalue weighted by atomic mass is 16.5. The zero-order chi connectivity index (χ0) is 23.3. The van der Waals surface area contributed by atoms with Crippen LogP contribution in [-0.4, -0.2) is 43.6 Å². The Bertz CT molecular complexity index is 1260. The van der Waals surface area contributed by atoms with Crippen molar-refractivity contribution in [2.75, 3.05) is 13.1 Å². The molecule has 2 aromatic heterocycles. The quantitative estimate of drug-likeness (QED) is 0.418. The van der Waals surface area contributed by atoms with Crippen LogP contribution in [0.3, 0.4) is 0 Å². The summed E-state index contributed by atoms with van der Waals surface area (Å²) in [7, 11) is 0. The molecule has 0 N–H and O–H groups in total. The monoisotopic (exact) mass is 453 g/mol. The zero-order valence-electron chi connectivity index (χ0n) is 19.2. The maximum atomic E-state index is 13.4. The number of likely N-dealkylation sites (tertiary alicyclic amines) is 1. The Balaban J connectivity index is 1.28. The first-order chi connectivity index (χ1) is 16.7. The first kappa shape index (κ1) is 21.8. The van der Waals surface area contributed by atoms with Crippen LogP contribution in [0.4, 0.5) is 0 Å². The summed E-state index contributed by atoms with van der Waals surface area (Å²) in [5.41, 5.74) is 3.62. The minimum Gasteiger partial charge on any atom is -0.437 e. The lowest BCUT2D eigenvalue weighted by molar-refractivity contribution is 0.0710. The van der Waals surface area contributed by atoms with Gasteiger partial charge < -0.3 is 9.64 Å². The number of nitrogens with zero attached hydrogens (tertiary/aromatic N) is 5. The van der Waals surface area contributed by atoms with Crippen molar-refractivity contribution in [1.29, 1.82) is 0 Å². The Morgan fingerprint density at radius 1 is 0.971 bits per heavy atom. The molecule has 7 heteroatoms. The second-order valence-corrected chi connectivity index (χ2v) is 8.54. The number of hydrogen-bond acceptors (Lipinski definition) is 5. The van der Waals surface area contributed by atoms with Crippen LogP contribution in [0.2, 0.25) is 0 Å². The van der Waals surface area contributed by atoms with Gasteiger partial charge in [0, 0.05) is 49.4 Å². The van der Waals surface area contributed by atoms with Gasteiger partial charge in [-0.3, -0.25) is 14.5 Å². The number of carbonyl (C=O) groups excluding carboxylic acids is 1. The number of hydrogen-bond donors (Lipinski definition) is 0. The molecule has 2 aromatic carbocycles. The highest BCUT2D eigenvalue weighted by Gasteiger charge is 2.28. The van der Waals surface area contributed by atoms with Gasteiger partial charge >= 0.3 is 0 Å². The Kier molecular flexibility index (Phi) is 6.33. The molecule has 0 atom stereocenters. The number of piperidine rings is 1. The van der Waals surface area contributed by atoms with Crippen molar-refractivity contribution in [3.05, 3.63) is 102 Å². The van der Waals surface area contributed by atoms with Crippen LogP contribution in [-0.2, 0) is 6.54 Å². The molecule has 1 aliphatic rings. The van der Waals surface area contributed by atoms with Crippen LogP contribution in [0.5, 0.6) is 11.6 Å². The van der Waals surface area contributed by atoms with Crippen molar-refractivity contribution in [1.82, 2.24) is 24.6 Å². The van der Waals surface area contributed by atoms with E-state index in [9.17, 15) is 4.79 Å². The summed E-state index contributed by atoms with van der Waals surface area (Å²) in [6, 6.07) is 17.6. The summed E-state index contributed by atoms with van der Waals surface area (Å²) in [5, 5.41) is 4.28. The third-order valence-corrected chi connectivity index (χ3v) is 6.30. The fourth-order valence-electron chi connectivity index (χ4n) is 4.43. The molecule has 5 rings (SSSR count). The molecular formula is C27H27N5O2. The molecule has 1 saturated heterocycles. The molecule has 0 radical (unpaired) electrons. The predicted molar refractivity (Wildman–Crippen MR) is 129 cm³/mol. The highest BCUT2D eigenvalue weighted by Crippen LogP contribution is 2.34. The molecule has 0 bridgehead atoms. The van der Waals surface area contributed by atoms with Gasteiger partial charge in [0.05, 0.1) is 6.54 Å². The van der Waals surface area contributed by atoms with Gasteiger partial charge in [-0.05, 0) is 49.1 Å². The standard InChI is InChI=1S/C27H27N5O2/c1-20-7-2-5-10-24(20)34-26-25(28-14-15-29-26)21-11-17-31(18-12-21)27(33)23-9-4-3-8-22(23)19-32-16-6-13-30-32/h2-10,13-16,21H,11-12,17-19H2,1H3. The molecule has 4 aromatic rings. The summed E-state index contributed by atoms with van der Waals surface area (Å²) < 4.78 is 7.98. The number of amides is 1. The fourth-order valence-corrected chi connectivity index (χ4v) is 4.43. The molecule has 1 fully saturated rings. The minimum absolute atomic E-state index is 0.0664. The van der Waals surface area contributed by atoms with Crippen molar-refractivity contribution < 1.29 is 9.53 Å². The van der Waals surface area contributed by atoms with E-state index in [-0.39, 0.29) is 11.8 Å². The van der Waals surface area contributed by atoms with Crippen LogP contribution in [0.1, 0.15) is 45.9 Å². The number of benzene rings is 2. The summed E-state index contributed by atoms with van der Waals surface area (Å²) in [6.07, 6.45) is 8.66. The highest BCUT2D eigenvalue weighted by molar-refractivity contribution is 5.95. The van der Waals surface area contributed by atoms with E-state index in [4.69, 9.17) is 4.74 Å². The third-order valence-electron chi connectivity index (χ3n) is 6.30. The minimum atomic E-state index is 0.0664. The van der Waals surface area contributed by atoms with Gasteiger partial charge in [-0.15, -0.1) is 0 Å². The van der Waals surface area contributed by atoms with Crippen LogP contribution in [0, 0.1) is 6.92 Å². The van der Waals surface area contributed by atoms with Crippen molar-refractivity contribution in [3.8, 4) is 11.6 Å². The Morgan fingerprint density at radius 2 is 1.74 bits per heavy atom. The molecule has 3 heterocycles. The summed E-state index contributed by atoms with van der Waals surface area (Å²) in [4.78, 5) is 24.4. The third kappa shape index (κ3) is 4.69. The van der Waals surface area contributed by atoms with Crippen LogP contribution in [0.25, 0.3) is 0 Å². The average molecular weight is 454 g/mol. The molecule has 0 unspecified atom stereocenters. The molecular weight excluding hydrogens is 426 g/mol. The Morgan fingerprint density at radius 3 is 2.53 bits per heavy atom. The van der Waals surface area contributed by atoms with Gasteiger partial charge in [0.2, 0.25) is 5.88 Å². The lowest BCUT2D eigenvalue weighted by atomic mass is 9.92. The van der Waals surface area contributed by atoms with Crippen LogP contribution < -0.4 is 4.74 Å².